The lowest BCUT2D eigenvalue weighted by atomic mass is 10.1. The predicted octanol–water partition coefficient (Wildman–Crippen LogP) is 3.94. The summed E-state index contributed by atoms with van der Waals surface area (Å²) in [6, 6.07) is 18.9. The first kappa shape index (κ1) is 14.4. The highest BCUT2D eigenvalue weighted by Gasteiger charge is 2.30. The number of fused-ring (bicyclic) bond motifs is 1. The van der Waals surface area contributed by atoms with Crippen molar-refractivity contribution in [1.29, 1.82) is 0 Å². The lowest BCUT2D eigenvalue weighted by Crippen LogP contribution is -2.33. The summed E-state index contributed by atoms with van der Waals surface area (Å²) in [4.78, 5) is 0. The van der Waals surface area contributed by atoms with Crippen LogP contribution in [0.1, 0.15) is 6.92 Å². The van der Waals surface area contributed by atoms with Gasteiger partial charge >= 0.3 is 5.16 Å². The van der Waals surface area contributed by atoms with Crippen molar-refractivity contribution < 1.29 is 9.30 Å². The van der Waals surface area contributed by atoms with Gasteiger partial charge in [-0.25, -0.2) is 4.57 Å². The quantitative estimate of drug-likeness (QED) is 0.677. The molecule has 0 amide bonds. The van der Waals surface area contributed by atoms with Crippen LogP contribution in [-0.2, 0) is 6.54 Å². The fourth-order valence-corrected chi connectivity index (χ4v) is 4.06. The van der Waals surface area contributed by atoms with Gasteiger partial charge < -0.3 is 4.74 Å². The molecule has 0 aliphatic carbocycles. The van der Waals surface area contributed by atoms with Crippen LogP contribution in [0.4, 0.5) is 0 Å². The van der Waals surface area contributed by atoms with Crippen molar-refractivity contribution in [3.8, 4) is 22.7 Å². The maximum atomic E-state index is 5.55. The Morgan fingerprint density at radius 3 is 2.61 bits per heavy atom. The Kier molecular flexibility index (Phi) is 3.83. The fourth-order valence-electron chi connectivity index (χ4n) is 2.96. The molecule has 0 fully saturated rings. The Morgan fingerprint density at radius 2 is 1.87 bits per heavy atom. The van der Waals surface area contributed by atoms with Gasteiger partial charge in [-0.3, -0.25) is 0 Å². The first-order valence-electron chi connectivity index (χ1n) is 7.93. The molecular weight excluding hydrogens is 304 g/mol. The van der Waals surface area contributed by atoms with Crippen LogP contribution < -0.4 is 9.30 Å². The van der Waals surface area contributed by atoms with E-state index in [1.807, 2.05) is 30.8 Å². The van der Waals surface area contributed by atoms with Crippen molar-refractivity contribution in [2.75, 3.05) is 12.4 Å². The third-order valence-electron chi connectivity index (χ3n) is 4.02. The van der Waals surface area contributed by atoms with Gasteiger partial charge in [0, 0.05) is 11.3 Å². The van der Waals surface area contributed by atoms with Crippen molar-refractivity contribution in [3.63, 3.8) is 0 Å². The highest BCUT2D eigenvalue weighted by atomic mass is 32.2. The second-order valence-corrected chi connectivity index (χ2v) is 6.52. The summed E-state index contributed by atoms with van der Waals surface area (Å²) < 4.78 is 10.3. The third-order valence-corrected chi connectivity index (χ3v) is 5.08. The van der Waals surface area contributed by atoms with E-state index >= 15 is 0 Å². The van der Waals surface area contributed by atoms with Crippen LogP contribution in [0.5, 0.6) is 5.75 Å². The van der Waals surface area contributed by atoms with Gasteiger partial charge in [0.25, 0.3) is 0 Å². The lowest BCUT2D eigenvalue weighted by molar-refractivity contribution is -0.713. The minimum absolute atomic E-state index is 0.699. The molecule has 116 valence electrons. The fraction of sp³-hybridized carbons (Fsp3) is 0.211. The molecule has 0 bridgehead atoms. The van der Waals surface area contributed by atoms with Gasteiger partial charge in [0.2, 0.25) is 0 Å². The van der Waals surface area contributed by atoms with Crippen LogP contribution in [0, 0.1) is 0 Å². The summed E-state index contributed by atoms with van der Waals surface area (Å²) in [6.45, 7) is 3.76. The average molecular weight is 323 g/mol. The molecule has 4 heteroatoms. The van der Waals surface area contributed by atoms with Crippen LogP contribution in [-0.4, -0.2) is 16.9 Å². The van der Waals surface area contributed by atoms with Gasteiger partial charge in [-0.2, -0.15) is 4.57 Å². The number of hydrogen-bond acceptors (Lipinski definition) is 2. The lowest BCUT2D eigenvalue weighted by Gasteiger charge is -2.03. The zero-order valence-corrected chi connectivity index (χ0v) is 13.9. The Morgan fingerprint density at radius 1 is 1.09 bits per heavy atom. The van der Waals surface area contributed by atoms with Crippen molar-refractivity contribution in [2.45, 2.75) is 18.6 Å². The monoisotopic (exact) mass is 323 g/mol. The van der Waals surface area contributed by atoms with E-state index < -0.39 is 0 Å². The molecule has 0 spiro atoms. The molecule has 4 rings (SSSR count). The molecule has 0 unspecified atom stereocenters. The number of nitrogens with zero attached hydrogens (tertiary/aromatic N) is 2. The van der Waals surface area contributed by atoms with E-state index in [2.05, 4.69) is 57.8 Å². The summed E-state index contributed by atoms with van der Waals surface area (Å²) in [5, 5.41) is 1.31. The maximum Gasteiger partial charge on any atom is 0.323 e. The molecule has 23 heavy (non-hydrogen) atoms. The topological polar surface area (TPSA) is 18.0 Å². The number of thioether (sulfide) groups is 1. The van der Waals surface area contributed by atoms with Crippen molar-refractivity contribution in [2.24, 2.45) is 0 Å². The number of imidazole rings is 1. The van der Waals surface area contributed by atoms with Crippen LogP contribution >= 0.6 is 11.8 Å². The van der Waals surface area contributed by atoms with Gasteiger partial charge in [0.1, 0.15) is 24.2 Å². The molecule has 3 aromatic rings. The SMILES string of the molecule is CCOc1ccc(-c2cn(-c3ccccc3)c3[n+]2CCS3)cc1. The Balaban J connectivity index is 1.78. The van der Waals surface area contributed by atoms with E-state index in [4.69, 9.17) is 4.74 Å². The summed E-state index contributed by atoms with van der Waals surface area (Å²) >= 11 is 1.92. The molecule has 3 nitrogen and oxygen atoms in total. The van der Waals surface area contributed by atoms with Gasteiger partial charge in [-0.05, 0) is 55.1 Å². The number of hydrogen-bond donors (Lipinski definition) is 0. The minimum Gasteiger partial charge on any atom is -0.494 e. The van der Waals surface area contributed by atoms with E-state index in [9.17, 15) is 0 Å². The molecule has 0 saturated heterocycles. The van der Waals surface area contributed by atoms with E-state index in [1.165, 1.54) is 22.1 Å². The molecule has 0 saturated carbocycles. The number of benzene rings is 2. The normalized spacial score (nSPS) is 13.1. The molecule has 0 atom stereocenters. The van der Waals surface area contributed by atoms with E-state index in [0.29, 0.717) is 6.61 Å². The molecule has 1 aliphatic heterocycles. The number of ether oxygens (including phenoxy) is 1. The molecule has 1 aromatic heterocycles. The summed E-state index contributed by atoms with van der Waals surface area (Å²) in [5.74, 6) is 2.06. The van der Waals surface area contributed by atoms with E-state index in [1.54, 1.807) is 0 Å². The number of aromatic nitrogens is 2. The first-order chi connectivity index (χ1) is 11.4. The Labute approximate surface area is 140 Å². The zero-order valence-electron chi connectivity index (χ0n) is 13.1. The minimum atomic E-state index is 0.699. The molecular formula is C19H19N2OS+. The van der Waals surface area contributed by atoms with Crippen molar-refractivity contribution in [1.82, 2.24) is 4.57 Å². The molecule has 2 aromatic carbocycles. The second kappa shape index (κ2) is 6.13. The van der Waals surface area contributed by atoms with Crippen molar-refractivity contribution >= 4 is 11.8 Å². The van der Waals surface area contributed by atoms with Crippen LogP contribution in [0.25, 0.3) is 16.9 Å². The second-order valence-electron chi connectivity index (χ2n) is 5.46. The van der Waals surface area contributed by atoms with Crippen molar-refractivity contribution in [3.05, 3.63) is 60.8 Å². The predicted molar refractivity (Wildman–Crippen MR) is 93.3 cm³/mol. The Bertz CT molecular complexity index is 809. The summed E-state index contributed by atoms with van der Waals surface area (Å²) in [5.41, 5.74) is 3.70. The largest absolute Gasteiger partial charge is 0.494 e. The molecule has 0 radical (unpaired) electrons. The van der Waals surface area contributed by atoms with Gasteiger partial charge in [-0.1, -0.05) is 18.2 Å². The summed E-state index contributed by atoms with van der Waals surface area (Å²) in [6.07, 6.45) is 2.24. The molecule has 0 N–H and O–H groups in total. The van der Waals surface area contributed by atoms with Crippen LogP contribution in [0.2, 0.25) is 0 Å². The third kappa shape index (κ3) is 2.63. The molecule has 2 heterocycles. The Hall–Kier alpha value is -2.20. The smallest absolute Gasteiger partial charge is 0.323 e. The molecule has 1 aliphatic rings. The number of rotatable bonds is 4. The van der Waals surface area contributed by atoms with E-state index in [-0.39, 0.29) is 0 Å². The van der Waals surface area contributed by atoms with Crippen LogP contribution in [0.15, 0.2) is 66.0 Å². The first-order valence-corrected chi connectivity index (χ1v) is 8.92. The number of para-hydroxylation sites is 1. The van der Waals surface area contributed by atoms with E-state index in [0.717, 1.165) is 18.0 Å². The van der Waals surface area contributed by atoms with Crippen LogP contribution in [0.3, 0.4) is 0 Å². The van der Waals surface area contributed by atoms with Gasteiger partial charge in [0.15, 0.2) is 5.69 Å². The highest BCUT2D eigenvalue weighted by Crippen LogP contribution is 2.30. The zero-order chi connectivity index (χ0) is 15.6. The highest BCUT2D eigenvalue weighted by molar-refractivity contribution is 7.99. The standard InChI is InChI=1S/C19H19N2OS/c1-2-22-17-10-8-15(9-11-17)18-14-21(16-6-4-3-5-7-16)19-20(18)12-13-23-19/h3-11,14H,2,12-13H2,1H3/q+1. The maximum absolute atomic E-state index is 5.55. The summed E-state index contributed by atoms with van der Waals surface area (Å²) in [7, 11) is 0. The van der Waals surface area contributed by atoms with Gasteiger partial charge in [-0.15, -0.1) is 0 Å². The average Bonchev–Trinajstić information content (AvgIpc) is 3.19. The van der Waals surface area contributed by atoms with Gasteiger partial charge in [0.05, 0.1) is 6.61 Å².